The van der Waals surface area contributed by atoms with Crippen molar-refractivity contribution in [1.82, 2.24) is 4.90 Å². The second-order valence-corrected chi connectivity index (χ2v) is 2.08. The lowest BCUT2D eigenvalue weighted by molar-refractivity contribution is -0.259. The molecule has 0 spiro atoms. The second kappa shape index (κ2) is 2.76. The third-order valence-electron chi connectivity index (χ3n) is 1.25. The van der Waals surface area contributed by atoms with Gasteiger partial charge in [-0.05, 0) is 12.2 Å². The summed E-state index contributed by atoms with van der Waals surface area (Å²) in [7, 11) is 0. The predicted octanol–water partition coefficient (Wildman–Crippen LogP) is 2.48. The van der Waals surface area contributed by atoms with Crippen molar-refractivity contribution in [2.45, 2.75) is 12.6 Å². The minimum absolute atomic E-state index is 0.545. The molecule has 0 N–H and O–H groups in total. The molecule has 1 rings (SSSR count). The van der Waals surface area contributed by atoms with Crippen LogP contribution in [0.25, 0.3) is 0 Å². The van der Waals surface area contributed by atoms with Crippen molar-refractivity contribution in [3.8, 4) is 0 Å². The number of rotatable bonds is 0. The highest BCUT2D eigenvalue weighted by molar-refractivity contribution is 5.15. The molecule has 0 radical (unpaired) electrons. The zero-order valence-electron chi connectivity index (χ0n) is 5.65. The second-order valence-electron chi connectivity index (χ2n) is 2.08. The molecule has 1 nitrogen and oxygen atoms in total. The van der Waals surface area contributed by atoms with Crippen LogP contribution in [0.1, 0.15) is 0 Å². The van der Waals surface area contributed by atoms with Crippen molar-refractivity contribution in [2.24, 2.45) is 0 Å². The van der Waals surface area contributed by atoms with Gasteiger partial charge in [-0.3, -0.25) is 0 Å². The molecule has 1 aliphatic heterocycles. The maximum absolute atomic E-state index is 12.4. The fraction of sp³-hybridized carbons (Fsp3) is 0.333. The average Bonchev–Trinajstić information content (AvgIpc) is 1.82. The summed E-state index contributed by atoms with van der Waals surface area (Å²) >= 11 is 0. The topological polar surface area (TPSA) is 3.24 Å². The standard InChI is InChI=1S/C6H4F5N/c7-4-2-1-3-5(8)12(4)6(9,10)11/h1-4H. The highest BCUT2D eigenvalue weighted by Crippen LogP contribution is 2.31. The van der Waals surface area contributed by atoms with Gasteiger partial charge >= 0.3 is 6.30 Å². The van der Waals surface area contributed by atoms with Crippen molar-refractivity contribution < 1.29 is 22.0 Å². The first-order valence-corrected chi connectivity index (χ1v) is 2.97. The van der Waals surface area contributed by atoms with Gasteiger partial charge in [-0.25, -0.2) is 9.29 Å². The summed E-state index contributed by atoms with van der Waals surface area (Å²) in [6, 6.07) is 0. The number of nitrogens with zero attached hydrogens (tertiary/aromatic N) is 1. The molecule has 0 fully saturated rings. The molecule has 1 aliphatic rings. The van der Waals surface area contributed by atoms with E-state index in [9.17, 15) is 22.0 Å². The lowest BCUT2D eigenvalue weighted by Crippen LogP contribution is -2.41. The van der Waals surface area contributed by atoms with Crippen molar-refractivity contribution in [3.05, 3.63) is 24.2 Å². The summed E-state index contributed by atoms with van der Waals surface area (Å²) in [6.45, 7) is 0. The normalized spacial score (nSPS) is 24.2. The molecule has 0 aromatic heterocycles. The largest absolute Gasteiger partial charge is 0.489 e. The van der Waals surface area contributed by atoms with E-state index in [1.807, 2.05) is 0 Å². The fourth-order valence-electron chi connectivity index (χ4n) is 0.772. The van der Waals surface area contributed by atoms with E-state index in [0.717, 1.165) is 6.08 Å². The minimum atomic E-state index is -5.02. The van der Waals surface area contributed by atoms with E-state index in [2.05, 4.69) is 0 Å². The molecule has 12 heavy (non-hydrogen) atoms. The Balaban J connectivity index is 2.90. The number of hydrogen-bond acceptors (Lipinski definition) is 1. The summed E-state index contributed by atoms with van der Waals surface area (Å²) in [5.74, 6) is -1.64. The summed E-state index contributed by atoms with van der Waals surface area (Å²) in [6.07, 6.45) is -5.46. The van der Waals surface area contributed by atoms with Gasteiger partial charge in [-0.15, -0.1) is 13.2 Å². The molecule has 68 valence electrons. The minimum Gasteiger partial charge on any atom is -0.224 e. The van der Waals surface area contributed by atoms with Crippen LogP contribution in [0.4, 0.5) is 22.0 Å². The van der Waals surface area contributed by atoms with E-state index in [1.165, 1.54) is 0 Å². The molecule has 0 saturated heterocycles. The molecule has 0 aromatic carbocycles. The third kappa shape index (κ3) is 1.57. The summed E-state index contributed by atoms with van der Waals surface area (Å²) in [4.78, 5) is -0.896. The van der Waals surface area contributed by atoms with Crippen LogP contribution in [0.15, 0.2) is 24.2 Å². The first-order chi connectivity index (χ1) is 5.43. The van der Waals surface area contributed by atoms with Crippen LogP contribution >= 0.6 is 0 Å². The quantitative estimate of drug-likeness (QED) is 0.414. The maximum Gasteiger partial charge on any atom is 0.489 e. The first-order valence-electron chi connectivity index (χ1n) is 2.97. The van der Waals surface area contributed by atoms with Gasteiger partial charge in [0.1, 0.15) is 0 Å². The Morgan fingerprint density at radius 1 is 1.33 bits per heavy atom. The number of alkyl halides is 4. The zero-order valence-corrected chi connectivity index (χ0v) is 5.65. The molecule has 0 aliphatic carbocycles. The molecule has 6 heteroatoms. The van der Waals surface area contributed by atoms with E-state index in [4.69, 9.17) is 0 Å². The van der Waals surface area contributed by atoms with Crippen molar-refractivity contribution in [1.29, 1.82) is 0 Å². The Morgan fingerprint density at radius 2 is 1.92 bits per heavy atom. The van der Waals surface area contributed by atoms with Crippen LogP contribution in [0, 0.1) is 0 Å². The van der Waals surface area contributed by atoms with E-state index in [-0.39, 0.29) is 0 Å². The summed E-state index contributed by atoms with van der Waals surface area (Å²) in [5, 5.41) is 0. The van der Waals surface area contributed by atoms with Gasteiger partial charge in [-0.1, -0.05) is 6.08 Å². The lowest BCUT2D eigenvalue weighted by Gasteiger charge is -2.27. The van der Waals surface area contributed by atoms with Gasteiger partial charge < -0.3 is 0 Å². The smallest absolute Gasteiger partial charge is 0.224 e. The van der Waals surface area contributed by atoms with Crippen molar-refractivity contribution in [2.75, 3.05) is 0 Å². The first kappa shape index (κ1) is 9.02. The number of halogens is 5. The monoisotopic (exact) mass is 185 g/mol. The third-order valence-corrected chi connectivity index (χ3v) is 1.25. The van der Waals surface area contributed by atoms with E-state index in [1.54, 1.807) is 0 Å². The molecule has 1 heterocycles. The van der Waals surface area contributed by atoms with Crippen LogP contribution < -0.4 is 0 Å². The Hall–Kier alpha value is -1.07. The van der Waals surface area contributed by atoms with Crippen molar-refractivity contribution >= 4 is 0 Å². The Bertz CT molecular complexity index is 229. The van der Waals surface area contributed by atoms with Gasteiger partial charge in [0, 0.05) is 0 Å². The average molecular weight is 185 g/mol. The SMILES string of the molecule is FC1=CC=CC(F)N1C(F)(F)F. The summed E-state index contributed by atoms with van der Waals surface area (Å²) in [5.41, 5.74) is 0. The van der Waals surface area contributed by atoms with E-state index < -0.39 is 23.4 Å². The lowest BCUT2D eigenvalue weighted by atomic mass is 10.3. The summed E-state index contributed by atoms with van der Waals surface area (Å²) < 4.78 is 60.2. The predicted molar refractivity (Wildman–Crippen MR) is 31.1 cm³/mol. The van der Waals surface area contributed by atoms with Gasteiger partial charge in [0.25, 0.3) is 0 Å². The van der Waals surface area contributed by atoms with Crippen LogP contribution in [0.5, 0.6) is 0 Å². The van der Waals surface area contributed by atoms with Gasteiger partial charge in [-0.2, -0.15) is 4.39 Å². The Morgan fingerprint density at radius 3 is 2.25 bits per heavy atom. The molecule has 0 aromatic rings. The number of allylic oxidation sites excluding steroid dienone is 2. The van der Waals surface area contributed by atoms with Crippen LogP contribution in [-0.4, -0.2) is 17.5 Å². The molecule has 0 bridgehead atoms. The molecular formula is C6H4F5N. The highest BCUT2D eigenvalue weighted by Gasteiger charge is 2.44. The molecule has 1 unspecified atom stereocenters. The molecule has 0 amide bonds. The van der Waals surface area contributed by atoms with Gasteiger partial charge in [0.2, 0.25) is 6.30 Å². The molecule has 1 atom stereocenters. The Kier molecular flexibility index (Phi) is 2.08. The van der Waals surface area contributed by atoms with Crippen LogP contribution in [0.2, 0.25) is 0 Å². The van der Waals surface area contributed by atoms with Crippen LogP contribution in [0.3, 0.4) is 0 Å². The van der Waals surface area contributed by atoms with Crippen LogP contribution in [-0.2, 0) is 0 Å². The van der Waals surface area contributed by atoms with Gasteiger partial charge in [0.15, 0.2) is 5.95 Å². The fourth-order valence-corrected chi connectivity index (χ4v) is 0.772. The van der Waals surface area contributed by atoms with E-state index >= 15 is 0 Å². The maximum atomic E-state index is 12.4. The highest BCUT2D eigenvalue weighted by atomic mass is 19.4. The van der Waals surface area contributed by atoms with E-state index in [0.29, 0.717) is 12.2 Å². The molecule has 0 saturated carbocycles. The zero-order chi connectivity index (χ0) is 9.35. The Labute approximate surface area is 64.8 Å². The van der Waals surface area contributed by atoms with Gasteiger partial charge in [0.05, 0.1) is 0 Å². The van der Waals surface area contributed by atoms with Crippen molar-refractivity contribution in [3.63, 3.8) is 0 Å². The number of hydrogen-bond donors (Lipinski definition) is 0. The molecular weight excluding hydrogens is 181 g/mol.